The molecule has 0 atom stereocenters. The van der Waals surface area contributed by atoms with Gasteiger partial charge in [0.15, 0.2) is 0 Å². The normalized spacial score (nSPS) is 14.9. The van der Waals surface area contributed by atoms with Crippen molar-refractivity contribution in [3.8, 4) is 6.07 Å². The number of piperazine rings is 1. The standard InChI is InChI=1S/C13H14N4O2/c1-10(18)16-4-6-17(7-5-16)13(19)11-2-3-15-12(8-11)9-14/h2-3,8H,4-7H2,1H3. The average Bonchev–Trinajstić information content (AvgIpc) is 2.46. The molecule has 0 aliphatic carbocycles. The highest BCUT2D eigenvalue weighted by atomic mass is 16.2. The Morgan fingerprint density at radius 3 is 2.47 bits per heavy atom. The van der Waals surface area contributed by atoms with Gasteiger partial charge < -0.3 is 9.80 Å². The van der Waals surface area contributed by atoms with Gasteiger partial charge >= 0.3 is 0 Å². The third-order valence-electron chi connectivity index (χ3n) is 3.13. The molecule has 19 heavy (non-hydrogen) atoms. The Bertz CT molecular complexity index is 542. The fourth-order valence-corrected chi connectivity index (χ4v) is 2.03. The molecule has 2 rings (SSSR count). The minimum atomic E-state index is -0.123. The Hall–Kier alpha value is -2.42. The molecule has 0 bridgehead atoms. The second-order valence-corrected chi connectivity index (χ2v) is 4.34. The summed E-state index contributed by atoms with van der Waals surface area (Å²) in [6, 6.07) is 5.00. The summed E-state index contributed by atoms with van der Waals surface area (Å²) in [7, 11) is 0. The summed E-state index contributed by atoms with van der Waals surface area (Å²) in [5, 5.41) is 8.77. The van der Waals surface area contributed by atoms with Crippen molar-refractivity contribution in [1.29, 1.82) is 5.26 Å². The highest BCUT2D eigenvalue weighted by molar-refractivity contribution is 5.94. The molecule has 1 fully saturated rings. The van der Waals surface area contributed by atoms with Crippen LogP contribution in [0.5, 0.6) is 0 Å². The molecule has 0 spiro atoms. The molecule has 0 unspecified atom stereocenters. The molecular weight excluding hydrogens is 244 g/mol. The maximum Gasteiger partial charge on any atom is 0.254 e. The molecule has 1 aliphatic heterocycles. The van der Waals surface area contributed by atoms with Crippen LogP contribution in [-0.2, 0) is 4.79 Å². The number of aromatic nitrogens is 1. The third kappa shape index (κ3) is 2.88. The molecule has 0 aromatic carbocycles. The van der Waals surface area contributed by atoms with Gasteiger partial charge in [0, 0.05) is 44.9 Å². The Kier molecular flexibility index (Phi) is 3.76. The van der Waals surface area contributed by atoms with Gasteiger partial charge in [0.25, 0.3) is 5.91 Å². The van der Waals surface area contributed by atoms with Crippen molar-refractivity contribution < 1.29 is 9.59 Å². The lowest BCUT2D eigenvalue weighted by atomic mass is 10.2. The molecule has 6 nitrogen and oxygen atoms in total. The van der Waals surface area contributed by atoms with Gasteiger partial charge in [-0.3, -0.25) is 9.59 Å². The van der Waals surface area contributed by atoms with Gasteiger partial charge in [0.2, 0.25) is 5.91 Å². The lowest BCUT2D eigenvalue weighted by molar-refractivity contribution is -0.130. The van der Waals surface area contributed by atoms with Crippen LogP contribution in [0.3, 0.4) is 0 Å². The Morgan fingerprint density at radius 2 is 1.89 bits per heavy atom. The average molecular weight is 258 g/mol. The van der Waals surface area contributed by atoms with Crippen LogP contribution in [0.1, 0.15) is 23.0 Å². The van der Waals surface area contributed by atoms with Crippen molar-refractivity contribution in [2.75, 3.05) is 26.2 Å². The van der Waals surface area contributed by atoms with Crippen LogP contribution in [0.25, 0.3) is 0 Å². The first-order valence-corrected chi connectivity index (χ1v) is 6.03. The molecule has 2 amide bonds. The fourth-order valence-electron chi connectivity index (χ4n) is 2.03. The van der Waals surface area contributed by atoms with E-state index in [1.165, 1.54) is 19.2 Å². The molecule has 1 saturated heterocycles. The van der Waals surface area contributed by atoms with Gasteiger partial charge in [-0.05, 0) is 12.1 Å². The molecule has 1 aromatic heterocycles. The highest BCUT2D eigenvalue weighted by Crippen LogP contribution is 2.09. The monoisotopic (exact) mass is 258 g/mol. The van der Waals surface area contributed by atoms with Crippen molar-refractivity contribution in [2.45, 2.75) is 6.92 Å². The van der Waals surface area contributed by atoms with E-state index < -0.39 is 0 Å². The van der Waals surface area contributed by atoms with E-state index in [0.29, 0.717) is 31.7 Å². The Balaban J connectivity index is 2.05. The number of carbonyl (C=O) groups excluding carboxylic acids is 2. The van der Waals surface area contributed by atoms with Crippen LogP contribution < -0.4 is 0 Å². The van der Waals surface area contributed by atoms with E-state index in [1.807, 2.05) is 6.07 Å². The first-order chi connectivity index (χ1) is 9.11. The van der Waals surface area contributed by atoms with Crippen LogP contribution in [0.4, 0.5) is 0 Å². The second-order valence-electron chi connectivity index (χ2n) is 4.34. The quantitative estimate of drug-likeness (QED) is 0.723. The lowest BCUT2D eigenvalue weighted by Crippen LogP contribution is -2.50. The summed E-state index contributed by atoms with van der Waals surface area (Å²) in [6.45, 7) is 3.67. The molecule has 0 N–H and O–H groups in total. The van der Waals surface area contributed by atoms with Gasteiger partial charge in [-0.2, -0.15) is 5.26 Å². The minimum Gasteiger partial charge on any atom is -0.339 e. The zero-order valence-corrected chi connectivity index (χ0v) is 10.7. The van der Waals surface area contributed by atoms with Gasteiger partial charge in [-0.15, -0.1) is 0 Å². The number of pyridine rings is 1. The van der Waals surface area contributed by atoms with Gasteiger partial charge in [0.1, 0.15) is 11.8 Å². The SMILES string of the molecule is CC(=O)N1CCN(C(=O)c2ccnc(C#N)c2)CC1. The van der Waals surface area contributed by atoms with Gasteiger partial charge in [0.05, 0.1) is 0 Å². The molecule has 0 saturated carbocycles. The number of amides is 2. The zero-order chi connectivity index (χ0) is 13.8. The summed E-state index contributed by atoms with van der Waals surface area (Å²) < 4.78 is 0. The van der Waals surface area contributed by atoms with E-state index >= 15 is 0 Å². The molecule has 1 aromatic rings. The highest BCUT2D eigenvalue weighted by Gasteiger charge is 2.23. The number of carbonyl (C=O) groups is 2. The summed E-state index contributed by atoms with van der Waals surface area (Å²) in [6.07, 6.45) is 1.46. The molecular formula is C13H14N4O2. The third-order valence-corrected chi connectivity index (χ3v) is 3.13. The lowest BCUT2D eigenvalue weighted by Gasteiger charge is -2.34. The van der Waals surface area contributed by atoms with Crippen LogP contribution in [0.2, 0.25) is 0 Å². The maximum absolute atomic E-state index is 12.2. The van der Waals surface area contributed by atoms with E-state index in [0.717, 1.165) is 0 Å². The van der Waals surface area contributed by atoms with Crippen molar-refractivity contribution in [3.05, 3.63) is 29.6 Å². The summed E-state index contributed by atoms with van der Waals surface area (Å²) >= 11 is 0. The van der Waals surface area contributed by atoms with Crippen LogP contribution in [-0.4, -0.2) is 52.8 Å². The number of hydrogen-bond donors (Lipinski definition) is 0. The van der Waals surface area contributed by atoms with E-state index in [9.17, 15) is 9.59 Å². The summed E-state index contributed by atoms with van der Waals surface area (Å²) in [5.41, 5.74) is 0.691. The Labute approximate surface area is 111 Å². The first kappa shape index (κ1) is 13.0. The van der Waals surface area contributed by atoms with Gasteiger partial charge in [-0.25, -0.2) is 4.98 Å². The topological polar surface area (TPSA) is 77.3 Å². The number of rotatable bonds is 1. The predicted molar refractivity (Wildman–Crippen MR) is 67.1 cm³/mol. The number of nitriles is 1. The van der Waals surface area contributed by atoms with E-state index in [4.69, 9.17) is 5.26 Å². The molecule has 0 radical (unpaired) electrons. The van der Waals surface area contributed by atoms with Crippen LogP contribution in [0, 0.1) is 11.3 Å². The zero-order valence-electron chi connectivity index (χ0n) is 10.7. The summed E-state index contributed by atoms with van der Waals surface area (Å²) in [4.78, 5) is 30.7. The van der Waals surface area contributed by atoms with Crippen LogP contribution in [0.15, 0.2) is 18.3 Å². The summed E-state index contributed by atoms with van der Waals surface area (Å²) in [5.74, 6) is -0.0927. The Morgan fingerprint density at radius 1 is 1.26 bits per heavy atom. The minimum absolute atomic E-state index is 0.0303. The second kappa shape index (κ2) is 5.48. The number of nitrogens with zero attached hydrogens (tertiary/aromatic N) is 4. The van der Waals surface area contributed by atoms with Crippen molar-refractivity contribution in [2.24, 2.45) is 0 Å². The van der Waals surface area contributed by atoms with E-state index in [1.54, 1.807) is 15.9 Å². The van der Waals surface area contributed by atoms with E-state index in [2.05, 4.69) is 4.98 Å². The predicted octanol–water partition coefficient (Wildman–Crippen LogP) is 0.258. The first-order valence-electron chi connectivity index (χ1n) is 6.03. The van der Waals surface area contributed by atoms with Gasteiger partial charge in [-0.1, -0.05) is 0 Å². The van der Waals surface area contributed by atoms with Crippen molar-refractivity contribution >= 4 is 11.8 Å². The van der Waals surface area contributed by atoms with Crippen LogP contribution >= 0.6 is 0 Å². The molecule has 6 heteroatoms. The smallest absolute Gasteiger partial charge is 0.254 e. The van der Waals surface area contributed by atoms with Crippen molar-refractivity contribution in [3.63, 3.8) is 0 Å². The molecule has 2 heterocycles. The number of hydrogen-bond acceptors (Lipinski definition) is 4. The maximum atomic E-state index is 12.2. The molecule has 1 aliphatic rings. The van der Waals surface area contributed by atoms with Crippen molar-refractivity contribution in [1.82, 2.24) is 14.8 Å². The molecule has 98 valence electrons. The largest absolute Gasteiger partial charge is 0.339 e. The van der Waals surface area contributed by atoms with E-state index in [-0.39, 0.29) is 17.5 Å². The fraction of sp³-hybridized carbons (Fsp3) is 0.385.